The van der Waals surface area contributed by atoms with Crippen LogP contribution >= 0.6 is 0 Å². The van der Waals surface area contributed by atoms with Gasteiger partial charge in [0.25, 0.3) is 0 Å². The molecule has 0 bridgehead atoms. The summed E-state index contributed by atoms with van der Waals surface area (Å²) in [5.41, 5.74) is -0.650. The molecule has 1 aromatic rings. The molecule has 102 valence electrons. The number of aliphatic hydroxyl groups is 1. The van der Waals surface area contributed by atoms with E-state index < -0.39 is 4.92 Å². The van der Waals surface area contributed by atoms with Gasteiger partial charge in [0, 0.05) is 19.2 Å². The number of anilines is 1. The average Bonchev–Trinajstić information content (AvgIpc) is 2.35. The Bertz CT molecular complexity index is 508. The second kappa shape index (κ2) is 6.11. The van der Waals surface area contributed by atoms with Gasteiger partial charge in [-0.25, -0.2) is 4.98 Å². The maximum atomic E-state index is 10.7. The summed E-state index contributed by atoms with van der Waals surface area (Å²) in [4.78, 5) is 13.9. The van der Waals surface area contributed by atoms with Crippen molar-refractivity contribution in [2.24, 2.45) is 5.41 Å². The lowest BCUT2D eigenvalue weighted by atomic mass is 9.90. The third-order valence-corrected chi connectivity index (χ3v) is 2.71. The Balaban J connectivity index is 2.82. The van der Waals surface area contributed by atoms with E-state index in [1.165, 1.54) is 12.1 Å². The van der Waals surface area contributed by atoms with Crippen molar-refractivity contribution < 1.29 is 10.0 Å². The Morgan fingerprint density at radius 2 is 2.26 bits per heavy atom. The molecule has 0 radical (unpaired) electrons. The molecule has 7 nitrogen and oxygen atoms in total. The van der Waals surface area contributed by atoms with Crippen molar-refractivity contribution in [1.29, 1.82) is 5.26 Å². The molecule has 0 aliphatic carbocycles. The first-order valence-corrected chi connectivity index (χ1v) is 5.80. The maximum Gasteiger partial charge on any atom is 0.305 e. The summed E-state index contributed by atoms with van der Waals surface area (Å²) in [6.07, 6.45) is 0.623. The molecule has 0 fully saturated rings. The van der Waals surface area contributed by atoms with Gasteiger partial charge >= 0.3 is 5.69 Å². The fraction of sp³-hybridized carbons (Fsp3) is 0.500. The minimum Gasteiger partial charge on any atom is -0.396 e. The molecule has 1 heterocycles. The Morgan fingerprint density at radius 1 is 1.58 bits per heavy atom. The minimum atomic E-state index is -0.634. The van der Waals surface area contributed by atoms with Crippen LogP contribution in [-0.2, 0) is 0 Å². The zero-order chi connectivity index (χ0) is 14.5. The van der Waals surface area contributed by atoms with Crippen LogP contribution in [0.25, 0.3) is 0 Å². The molecule has 0 amide bonds. The quantitative estimate of drug-likeness (QED) is 0.597. The molecule has 0 aliphatic heterocycles. The van der Waals surface area contributed by atoms with Gasteiger partial charge in [0.2, 0.25) is 5.69 Å². The van der Waals surface area contributed by atoms with Gasteiger partial charge in [0.05, 0.1) is 4.92 Å². The van der Waals surface area contributed by atoms with Crippen LogP contribution in [0, 0.1) is 26.9 Å². The summed E-state index contributed by atoms with van der Waals surface area (Å²) in [6, 6.07) is 4.43. The summed E-state index contributed by atoms with van der Waals surface area (Å²) < 4.78 is 0. The van der Waals surface area contributed by atoms with Gasteiger partial charge in [-0.15, -0.1) is 0 Å². The van der Waals surface area contributed by atoms with Crippen LogP contribution in [0.2, 0.25) is 0 Å². The van der Waals surface area contributed by atoms with Gasteiger partial charge < -0.3 is 10.4 Å². The molecule has 0 atom stereocenters. The number of nitro groups is 1. The Kier molecular flexibility index (Phi) is 4.78. The standard InChI is InChI=1S/C12H16N4O3/c1-12(2,5-6-17)8-14-11-4-3-10(16(18)19)9(7-13)15-11/h3-4,17H,5-6,8H2,1-2H3,(H,14,15). The Hall–Kier alpha value is -2.20. The largest absolute Gasteiger partial charge is 0.396 e. The highest BCUT2D eigenvalue weighted by Gasteiger charge is 2.19. The number of pyridine rings is 1. The van der Waals surface area contributed by atoms with Crippen LogP contribution in [0.1, 0.15) is 26.0 Å². The van der Waals surface area contributed by atoms with Crippen LogP contribution < -0.4 is 5.32 Å². The fourth-order valence-corrected chi connectivity index (χ4v) is 1.50. The van der Waals surface area contributed by atoms with Crippen molar-refractivity contribution in [3.63, 3.8) is 0 Å². The predicted molar refractivity (Wildman–Crippen MR) is 69.6 cm³/mol. The van der Waals surface area contributed by atoms with Gasteiger partial charge in [-0.05, 0) is 17.9 Å². The number of rotatable bonds is 6. The van der Waals surface area contributed by atoms with Crippen molar-refractivity contribution in [3.05, 3.63) is 27.9 Å². The van der Waals surface area contributed by atoms with Gasteiger partial charge in [-0.1, -0.05) is 13.8 Å². The lowest BCUT2D eigenvalue weighted by Gasteiger charge is -2.24. The number of hydrogen-bond acceptors (Lipinski definition) is 6. The summed E-state index contributed by atoms with van der Waals surface area (Å²) >= 11 is 0. The molecular weight excluding hydrogens is 248 g/mol. The normalized spacial score (nSPS) is 10.8. The van der Waals surface area contributed by atoms with Crippen LogP contribution in [0.5, 0.6) is 0 Å². The topological polar surface area (TPSA) is 112 Å². The number of nitriles is 1. The Morgan fingerprint density at radius 3 is 2.79 bits per heavy atom. The van der Waals surface area contributed by atoms with E-state index in [2.05, 4.69) is 10.3 Å². The number of nitrogens with zero attached hydrogens (tertiary/aromatic N) is 3. The van der Waals surface area contributed by atoms with Crippen LogP contribution in [-0.4, -0.2) is 28.2 Å². The molecule has 0 spiro atoms. The molecule has 0 aliphatic rings. The second-order valence-corrected chi connectivity index (χ2v) is 4.92. The highest BCUT2D eigenvalue weighted by molar-refractivity contribution is 5.50. The fourth-order valence-electron chi connectivity index (χ4n) is 1.50. The first kappa shape index (κ1) is 14.9. The summed E-state index contributed by atoms with van der Waals surface area (Å²) in [7, 11) is 0. The Labute approximate surface area is 111 Å². The lowest BCUT2D eigenvalue weighted by Crippen LogP contribution is -2.24. The van der Waals surface area contributed by atoms with E-state index >= 15 is 0 Å². The SMILES string of the molecule is CC(C)(CCO)CNc1ccc([N+](=O)[O-])c(C#N)n1. The van der Waals surface area contributed by atoms with Crippen LogP contribution in [0.3, 0.4) is 0 Å². The molecule has 0 aromatic carbocycles. The van der Waals surface area contributed by atoms with Crippen LogP contribution in [0.4, 0.5) is 11.5 Å². The summed E-state index contributed by atoms with van der Waals surface area (Å²) in [6.45, 7) is 4.59. The molecule has 1 rings (SSSR count). The van der Waals surface area contributed by atoms with E-state index in [4.69, 9.17) is 10.4 Å². The van der Waals surface area contributed by atoms with Crippen molar-refractivity contribution >= 4 is 11.5 Å². The monoisotopic (exact) mass is 264 g/mol. The molecule has 7 heteroatoms. The highest BCUT2D eigenvalue weighted by Crippen LogP contribution is 2.22. The van der Waals surface area contributed by atoms with Gasteiger partial charge in [-0.3, -0.25) is 10.1 Å². The summed E-state index contributed by atoms with van der Waals surface area (Å²) in [5.74, 6) is 0.410. The van der Waals surface area contributed by atoms with E-state index in [1.807, 2.05) is 13.8 Å². The van der Waals surface area contributed by atoms with Gasteiger partial charge in [0.1, 0.15) is 11.9 Å². The van der Waals surface area contributed by atoms with E-state index in [1.54, 1.807) is 6.07 Å². The molecule has 0 saturated heterocycles. The molecule has 0 unspecified atom stereocenters. The summed E-state index contributed by atoms with van der Waals surface area (Å²) in [5, 5.41) is 31.4. The number of hydrogen-bond donors (Lipinski definition) is 2. The first-order chi connectivity index (χ1) is 8.89. The molecule has 19 heavy (non-hydrogen) atoms. The van der Waals surface area contributed by atoms with Gasteiger partial charge in [-0.2, -0.15) is 5.26 Å². The molecule has 0 saturated carbocycles. The average molecular weight is 264 g/mol. The van der Waals surface area contributed by atoms with Crippen molar-refractivity contribution in [2.45, 2.75) is 20.3 Å². The zero-order valence-electron chi connectivity index (χ0n) is 10.9. The second-order valence-electron chi connectivity index (χ2n) is 4.92. The predicted octanol–water partition coefficient (Wildman–Crippen LogP) is 1.68. The number of nitrogens with one attached hydrogen (secondary N) is 1. The third kappa shape index (κ3) is 4.19. The van der Waals surface area contributed by atoms with E-state index in [-0.39, 0.29) is 23.4 Å². The first-order valence-electron chi connectivity index (χ1n) is 5.80. The lowest BCUT2D eigenvalue weighted by molar-refractivity contribution is -0.385. The molecular formula is C12H16N4O3. The molecule has 2 N–H and O–H groups in total. The number of aromatic nitrogens is 1. The van der Waals surface area contributed by atoms with Crippen molar-refractivity contribution in [3.8, 4) is 6.07 Å². The smallest absolute Gasteiger partial charge is 0.305 e. The molecule has 1 aromatic heterocycles. The van der Waals surface area contributed by atoms with E-state index in [0.29, 0.717) is 18.8 Å². The van der Waals surface area contributed by atoms with Crippen molar-refractivity contribution in [1.82, 2.24) is 4.98 Å². The zero-order valence-corrected chi connectivity index (χ0v) is 10.9. The van der Waals surface area contributed by atoms with Crippen LogP contribution in [0.15, 0.2) is 12.1 Å². The minimum absolute atomic E-state index is 0.0891. The highest BCUT2D eigenvalue weighted by atomic mass is 16.6. The van der Waals surface area contributed by atoms with E-state index in [9.17, 15) is 10.1 Å². The maximum absolute atomic E-state index is 10.7. The van der Waals surface area contributed by atoms with Gasteiger partial charge in [0.15, 0.2) is 0 Å². The van der Waals surface area contributed by atoms with Crippen molar-refractivity contribution in [2.75, 3.05) is 18.5 Å². The third-order valence-electron chi connectivity index (χ3n) is 2.71. The number of aliphatic hydroxyl groups excluding tert-OH is 1. The van der Waals surface area contributed by atoms with E-state index in [0.717, 1.165) is 0 Å².